The summed E-state index contributed by atoms with van der Waals surface area (Å²) in [5.41, 5.74) is 0. The van der Waals surface area contributed by atoms with E-state index in [-0.39, 0.29) is 29.6 Å². The van der Waals surface area contributed by atoms with Gasteiger partial charge in [0.15, 0.2) is 0 Å². The molecule has 0 rings (SSSR count). The van der Waals surface area contributed by atoms with Crippen molar-refractivity contribution in [2.75, 3.05) is 0 Å². The predicted molar refractivity (Wildman–Crippen MR) is 14.7 cm³/mol. The maximum absolute atomic E-state index is 9.10. The van der Waals surface area contributed by atoms with Crippen molar-refractivity contribution in [2.24, 2.45) is 0 Å². The largest absolute Gasteiger partial charge is 1.00 e. The Morgan fingerprint density at radius 1 is 1.83 bits per heavy atom. The molecular formula is CH2NNaO2S. The van der Waals surface area contributed by atoms with E-state index < -0.39 is 6.09 Å². The minimum absolute atomic E-state index is 0. The van der Waals surface area contributed by atoms with Crippen LogP contribution in [0.2, 0.25) is 0 Å². The fraction of sp³-hybridized carbons (Fsp3) is 0. The van der Waals surface area contributed by atoms with E-state index in [0.29, 0.717) is 4.72 Å². The fourth-order valence-electron chi connectivity index (χ4n) is 0. The van der Waals surface area contributed by atoms with Gasteiger partial charge >= 0.3 is 29.6 Å². The van der Waals surface area contributed by atoms with Gasteiger partial charge in [-0.15, -0.1) is 0 Å². The molecule has 0 saturated heterocycles. The summed E-state index contributed by atoms with van der Waals surface area (Å²) in [4.78, 5) is 9.10. The van der Waals surface area contributed by atoms with E-state index in [1.807, 2.05) is 0 Å². The maximum Gasteiger partial charge on any atom is 1.00 e. The zero-order valence-electron chi connectivity index (χ0n) is 3.30. The van der Waals surface area contributed by atoms with E-state index in [9.17, 15) is 0 Å². The number of rotatable bonds is 0. The number of quaternary nitrogens is 1. The monoisotopic (exact) mass is 115 g/mol. The maximum atomic E-state index is 9.10. The molecule has 0 aliphatic heterocycles. The van der Waals surface area contributed by atoms with Gasteiger partial charge in [-0.3, -0.25) is 0 Å². The minimum atomic E-state index is -1.31. The predicted octanol–water partition coefficient (Wildman–Crippen LogP) is -5.64. The van der Waals surface area contributed by atoms with Crippen LogP contribution in [0, 0.1) is 0 Å². The molecule has 0 fully saturated rings. The Kier molecular flexibility index (Phi) is 9.55. The third-order valence-electron chi connectivity index (χ3n) is 0.0962. The van der Waals surface area contributed by atoms with Gasteiger partial charge in [0.2, 0.25) is 6.09 Å². The number of primary amides is 1. The Bertz CT molecular complexity index is 48.8. The van der Waals surface area contributed by atoms with Gasteiger partial charge in [0.1, 0.15) is 0 Å². The molecular weight excluding hydrogens is 113 g/mol. The van der Waals surface area contributed by atoms with Crippen LogP contribution in [-0.4, -0.2) is 6.09 Å². The van der Waals surface area contributed by atoms with Crippen LogP contribution >= 0.6 is 0 Å². The molecule has 0 aliphatic rings. The molecule has 0 aromatic heterocycles. The number of hydrogen-bond donors (Lipinski definition) is 1. The van der Waals surface area contributed by atoms with E-state index in [4.69, 9.17) is 9.90 Å². The van der Waals surface area contributed by atoms with Crippen LogP contribution < -0.4 is 39.4 Å². The third kappa shape index (κ3) is 8.84. The number of amides is 1. The number of nitrogens with two attached hydrogens (primary N) is 1. The van der Waals surface area contributed by atoms with Gasteiger partial charge in [-0.2, -0.15) is 0 Å². The van der Waals surface area contributed by atoms with E-state index in [1.165, 1.54) is 0 Å². The smallest absolute Gasteiger partial charge is 0.499 e. The van der Waals surface area contributed by atoms with E-state index in [2.05, 4.69) is 12.8 Å². The van der Waals surface area contributed by atoms with Gasteiger partial charge in [0, 0.05) is 0 Å². The van der Waals surface area contributed by atoms with Crippen LogP contribution in [-0.2, 0) is 12.8 Å². The molecule has 30 valence electrons. The summed E-state index contributed by atoms with van der Waals surface area (Å²) in [6.45, 7) is 0. The number of carbonyl (C=O) groups excluding carboxylic acids is 1. The van der Waals surface area contributed by atoms with Crippen LogP contribution in [0.1, 0.15) is 0 Å². The normalized spacial score (nSPS) is 6.17. The number of carboxylic acid groups (broad SMARTS) is 1. The second kappa shape index (κ2) is 5.78. The second-order valence-corrected chi connectivity index (χ2v) is 0.673. The second-order valence-electron chi connectivity index (χ2n) is 0.437. The van der Waals surface area contributed by atoms with E-state index in [0.717, 1.165) is 0 Å². The Morgan fingerprint density at radius 2 is 2.00 bits per heavy atom. The van der Waals surface area contributed by atoms with Crippen LogP contribution in [0.5, 0.6) is 0 Å². The van der Waals surface area contributed by atoms with Gasteiger partial charge in [0.25, 0.3) is 0 Å². The molecule has 5 heteroatoms. The zero-order chi connectivity index (χ0) is 4.28. The first kappa shape index (κ1) is 9.91. The quantitative estimate of drug-likeness (QED) is 0.253. The molecule has 0 unspecified atom stereocenters. The molecule has 0 bridgehead atoms. The molecule has 0 aliphatic carbocycles. The number of hydrogen-bond acceptors (Lipinski definition) is 3. The van der Waals surface area contributed by atoms with Gasteiger partial charge < -0.3 is 27.4 Å². The van der Waals surface area contributed by atoms with Crippen LogP contribution in [0.4, 0.5) is 4.79 Å². The third-order valence-corrected chi connectivity index (χ3v) is 0.289. The van der Waals surface area contributed by atoms with Crippen molar-refractivity contribution in [3.05, 3.63) is 0 Å². The van der Waals surface area contributed by atoms with Crippen molar-refractivity contribution in [2.45, 2.75) is 0 Å². The standard InChI is InChI=1S/CH3NO2S.Na/c3-1(4)2-5;/h2H2,(H,3,4);/q;+1/p-1. The van der Waals surface area contributed by atoms with Crippen molar-refractivity contribution >= 4 is 18.9 Å². The zero-order valence-corrected chi connectivity index (χ0v) is 6.12. The van der Waals surface area contributed by atoms with Crippen molar-refractivity contribution in [1.29, 1.82) is 0 Å². The first-order chi connectivity index (χ1) is 2.27. The molecule has 0 aromatic carbocycles. The molecule has 2 N–H and O–H groups in total. The molecule has 0 heterocycles. The van der Waals surface area contributed by atoms with E-state index >= 15 is 0 Å². The van der Waals surface area contributed by atoms with Crippen LogP contribution in [0.25, 0.3) is 0 Å². The summed E-state index contributed by atoms with van der Waals surface area (Å²) in [6, 6.07) is 0. The fourth-order valence-corrected chi connectivity index (χ4v) is 0. The first-order valence-electron chi connectivity index (χ1n) is 0.933. The van der Waals surface area contributed by atoms with Gasteiger partial charge in [-0.25, -0.2) is 0 Å². The van der Waals surface area contributed by atoms with Crippen molar-refractivity contribution in [3.8, 4) is 0 Å². The van der Waals surface area contributed by atoms with Gasteiger partial charge in [-0.05, 0) is 0 Å². The van der Waals surface area contributed by atoms with Gasteiger partial charge in [-0.1, -0.05) is 0 Å². The van der Waals surface area contributed by atoms with E-state index in [1.54, 1.807) is 0 Å². The summed E-state index contributed by atoms with van der Waals surface area (Å²) < 4.78 is 0.556. The molecule has 3 nitrogen and oxygen atoms in total. The van der Waals surface area contributed by atoms with Crippen molar-refractivity contribution < 1.29 is 44.2 Å². The summed E-state index contributed by atoms with van der Waals surface area (Å²) in [5.74, 6) is 0. The Balaban J connectivity index is 0. The Labute approximate surface area is 62.9 Å². The topological polar surface area (TPSA) is 56.7 Å². The summed E-state index contributed by atoms with van der Waals surface area (Å²) in [5, 5.41) is 9.10. The molecule has 6 heavy (non-hydrogen) atoms. The van der Waals surface area contributed by atoms with Crippen LogP contribution in [0.3, 0.4) is 0 Å². The molecule has 0 radical (unpaired) electrons. The Hall–Kier alpha value is 0.780. The molecule has 0 spiro atoms. The van der Waals surface area contributed by atoms with Crippen LogP contribution in [0.15, 0.2) is 0 Å². The summed E-state index contributed by atoms with van der Waals surface area (Å²) in [6.07, 6.45) is -1.31. The van der Waals surface area contributed by atoms with Crippen molar-refractivity contribution in [1.82, 2.24) is 0 Å². The van der Waals surface area contributed by atoms with Gasteiger partial charge in [0.05, 0.1) is 0 Å². The average molecular weight is 115 g/mol. The molecule has 0 saturated carbocycles. The SMILES string of the molecule is O=C([O-])[NH2+][S-].[Na+]. The summed E-state index contributed by atoms with van der Waals surface area (Å²) >= 11 is 3.89. The Morgan fingerprint density at radius 3 is 2.00 bits per heavy atom. The molecule has 1 amide bonds. The number of carbonyl (C=O) groups is 1. The average Bonchev–Trinajstić information content (AvgIpc) is 1.38. The van der Waals surface area contributed by atoms with Crippen molar-refractivity contribution in [3.63, 3.8) is 0 Å². The first-order valence-corrected chi connectivity index (χ1v) is 1.40. The summed E-state index contributed by atoms with van der Waals surface area (Å²) in [7, 11) is 0. The molecule has 0 atom stereocenters. The minimum Gasteiger partial charge on any atom is -0.499 e. The molecule has 0 aromatic rings.